The number of alkyl halides is 1. The molecular formula is C21H23BrK2O7. The molecule has 0 spiro atoms. The monoisotopic (exact) mass is 544 g/mol. The van der Waals surface area contributed by atoms with Crippen LogP contribution < -0.4 is 113 Å². The number of rotatable bonds is 7. The predicted octanol–water partition coefficient (Wildman–Crippen LogP) is -2.61. The predicted molar refractivity (Wildman–Crippen MR) is 113 cm³/mol. The number of phenolic OH excluding ortho intramolecular Hbond substituents is 1. The van der Waals surface area contributed by atoms with Crippen LogP contribution in [0, 0.1) is 0 Å². The number of allylic oxidation sites excluding steroid dienone is 1. The summed E-state index contributed by atoms with van der Waals surface area (Å²) in [5.74, 6) is 0.819. The van der Waals surface area contributed by atoms with Crippen molar-refractivity contribution in [3.05, 3.63) is 85.0 Å². The van der Waals surface area contributed by atoms with Gasteiger partial charge in [0.15, 0.2) is 0 Å². The van der Waals surface area contributed by atoms with Gasteiger partial charge < -0.3 is 21.4 Å². The maximum Gasteiger partial charge on any atom is 1.00 e. The van der Waals surface area contributed by atoms with E-state index in [9.17, 15) is 9.59 Å². The molecule has 7 nitrogen and oxygen atoms in total. The zero-order valence-corrected chi connectivity index (χ0v) is 25.4. The molecule has 0 amide bonds. The molecule has 0 fully saturated rings. The van der Waals surface area contributed by atoms with Crippen molar-refractivity contribution in [2.75, 3.05) is 11.9 Å². The van der Waals surface area contributed by atoms with Gasteiger partial charge in [0.2, 0.25) is 0 Å². The largest absolute Gasteiger partial charge is 1.00 e. The number of hydrogen-bond donors (Lipinski definition) is 1. The van der Waals surface area contributed by atoms with Gasteiger partial charge in [-0.25, -0.2) is 0 Å². The molecule has 158 valence electrons. The maximum atomic E-state index is 10.4. The van der Waals surface area contributed by atoms with Crippen LogP contribution in [0.25, 0.3) is 0 Å². The Morgan fingerprint density at radius 2 is 1.45 bits per heavy atom. The molecule has 2 rings (SSSR count). The van der Waals surface area contributed by atoms with Crippen LogP contribution in [0.3, 0.4) is 0 Å². The Balaban J connectivity index is -0.000000109. The third-order valence-electron chi connectivity index (χ3n) is 2.52. The van der Waals surface area contributed by atoms with Gasteiger partial charge in [-0.2, -0.15) is 0 Å². The molecule has 0 saturated heterocycles. The van der Waals surface area contributed by atoms with Gasteiger partial charge in [-0.3, -0.25) is 14.4 Å². The van der Waals surface area contributed by atoms with Crippen molar-refractivity contribution < 1.29 is 139 Å². The number of aldehydes is 2. The van der Waals surface area contributed by atoms with Gasteiger partial charge in [-0.15, -0.1) is 6.58 Å². The molecule has 31 heavy (non-hydrogen) atoms. The molecule has 10 heteroatoms. The minimum atomic E-state index is -0.181. The van der Waals surface area contributed by atoms with Gasteiger partial charge in [-0.05, 0) is 24.3 Å². The van der Waals surface area contributed by atoms with Crippen LogP contribution in [-0.4, -0.2) is 36.1 Å². The van der Waals surface area contributed by atoms with Crippen LogP contribution in [-0.2, 0) is 9.68 Å². The van der Waals surface area contributed by atoms with Gasteiger partial charge >= 0.3 is 103 Å². The Labute approximate surface area is 277 Å². The fraction of sp³-hybridized carbons (Fsp3) is 0.0952. The number of halogens is 1. The van der Waals surface area contributed by atoms with E-state index in [-0.39, 0.29) is 116 Å². The van der Waals surface area contributed by atoms with E-state index in [0.717, 1.165) is 11.6 Å². The van der Waals surface area contributed by atoms with E-state index in [4.69, 9.17) is 19.9 Å². The summed E-state index contributed by atoms with van der Waals surface area (Å²) in [6.07, 6.45) is 4.94. The first-order valence-corrected chi connectivity index (χ1v) is 9.07. The Morgan fingerprint density at radius 1 is 0.968 bits per heavy atom. The SMILES string of the molecule is C=CCBr.C=CCOc1cccc(C=O)c1.O=CO[O-].O=Cc1cccc(O)c1.[H-].[K+].[K+]. The van der Waals surface area contributed by atoms with Crippen LogP contribution in [0.15, 0.2) is 73.8 Å². The van der Waals surface area contributed by atoms with Gasteiger partial charge in [-0.1, -0.05) is 58.9 Å². The molecule has 0 unspecified atom stereocenters. The van der Waals surface area contributed by atoms with Crippen LogP contribution in [0.1, 0.15) is 22.1 Å². The van der Waals surface area contributed by atoms with Crippen LogP contribution in [0.5, 0.6) is 11.5 Å². The number of benzene rings is 2. The second kappa shape index (κ2) is 30.0. The van der Waals surface area contributed by atoms with E-state index in [1.807, 2.05) is 0 Å². The Bertz CT molecular complexity index is 742. The molecule has 1 N–H and O–H groups in total. The minimum absolute atomic E-state index is 0. The summed E-state index contributed by atoms with van der Waals surface area (Å²) >= 11 is 3.13. The summed E-state index contributed by atoms with van der Waals surface area (Å²) in [5.41, 5.74) is 1.12. The van der Waals surface area contributed by atoms with E-state index < -0.39 is 0 Å². The van der Waals surface area contributed by atoms with Crippen molar-refractivity contribution in [2.24, 2.45) is 0 Å². The average Bonchev–Trinajstić information content (AvgIpc) is 2.78. The number of phenols is 1. The normalized spacial score (nSPS) is 7.55. The summed E-state index contributed by atoms with van der Waals surface area (Å²) < 4.78 is 5.22. The zero-order chi connectivity index (χ0) is 22.3. The second-order valence-corrected chi connectivity index (χ2v) is 5.29. The van der Waals surface area contributed by atoms with Crippen molar-refractivity contribution >= 4 is 35.0 Å². The average molecular weight is 546 g/mol. The van der Waals surface area contributed by atoms with Crippen LogP contribution in [0.4, 0.5) is 0 Å². The van der Waals surface area contributed by atoms with Crippen molar-refractivity contribution in [1.82, 2.24) is 0 Å². The third kappa shape index (κ3) is 26.2. The molecule has 0 aliphatic rings. The number of ether oxygens (including phenoxy) is 1. The maximum absolute atomic E-state index is 10.4. The first-order valence-electron chi connectivity index (χ1n) is 7.95. The number of hydrogen-bond acceptors (Lipinski definition) is 7. The molecule has 2 aromatic carbocycles. The quantitative estimate of drug-likeness (QED) is 0.101. The first kappa shape index (κ1) is 38.3. The summed E-state index contributed by atoms with van der Waals surface area (Å²) in [6, 6.07) is 13.2. The molecule has 0 saturated carbocycles. The fourth-order valence-electron chi connectivity index (χ4n) is 1.43. The van der Waals surface area contributed by atoms with Gasteiger partial charge in [0.1, 0.15) is 30.7 Å². The standard InChI is InChI=1S/C10H10O2.C7H6O2.C3H5Br.CH2O3.2K.H/c1-2-6-12-10-5-3-4-9(7-10)8-11;8-5-6-2-1-3-7(9)4-6;1-2-3-4;2-1-4-3;;;/h2-5,7-8H,1,6H2;1-5,9H;2H,1,3H2;1,3H;;;/q;;;;2*+1;-1/p-1. The number of aromatic hydroxyl groups is 1. The molecule has 0 aliphatic carbocycles. The van der Waals surface area contributed by atoms with Crippen LogP contribution >= 0.6 is 15.9 Å². The Morgan fingerprint density at radius 3 is 1.81 bits per heavy atom. The smallest absolute Gasteiger partial charge is 1.00 e. The zero-order valence-electron chi connectivity index (χ0n) is 18.6. The number of carbonyl (C=O) groups is 3. The Hall–Kier alpha value is 0.0427. The van der Waals surface area contributed by atoms with Crippen molar-refractivity contribution in [3.8, 4) is 11.5 Å². The molecule has 2 aromatic rings. The van der Waals surface area contributed by atoms with E-state index >= 15 is 0 Å². The second-order valence-electron chi connectivity index (χ2n) is 4.64. The van der Waals surface area contributed by atoms with Crippen molar-refractivity contribution in [2.45, 2.75) is 0 Å². The summed E-state index contributed by atoms with van der Waals surface area (Å²) in [5, 5.41) is 18.1. The van der Waals surface area contributed by atoms with Crippen molar-refractivity contribution in [3.63, 3.8) is 0 Å². The molecule has 0 aromatic heterocycles. The summed E-state index contributed by atoms with van der Waals surface area (Å²) in [4.78, 5) is 31.7. The van der Waals surface area contributed by atoms with E-state index in [1.54, 1.807) is 48.6 Å². The minimum Gasteiger partial charge on any atom is -1.00 e. The molecule has 0 heterocycles. The molecule has 0 bridgehead atoms. The van der Waals surface area contributed by atoms with Gasteiger partial charge in [0.25, 0.3) is 6.47 Å². The molecule has 0 radical (unpaired) electrons. The fourth-order valence-corrected chi connectivity index (χ4v) is 1.43. The van der Waals surface area contributed by atoms with Gasteiger partial charge in [0.05, 0.1) is 0 Å². The van der Waals surface area contributed by atoms with E-state index in [1.165, 1.54) is 12.1 Å². The molecule has 0 atom stereocenters. The Kier molecular flexibility index (Phi) is 37.1. The molecular weight excluding hydrogens is 522 g/mol. The topological polar surface area (TPSA) is 113 Å². The van der Waals surface area contributed by atoms with Crippen molar-refractivity contribution in [1.29, 1.82) is 0 Å². The third-order valence-corrected chi connectivity index (χ3v) is 2.97. The first-order chi connectivity index (χ1) is 14.0. The summed E-state index contributed by atoms with van der Waals surface area (Å²) in [7, 11) is 0. The molecule has 0 aliphatic heterocycles. The van der Waals surface area contributed by atoms with Gasteiger partial charge in [0, 0.05) is 16.5 Å². The van der Waals surface area contributed by atoms with Crippen LogP contribution in [0.2, 0.25) is 0 Å². The van der Waals surface area contributed by atoms with E-state index in [0.29, 0.717) is 29.8 Å². The summed E-state index contributed by atoms with van der Waals surface area (Å²) in [6.45, 7) is 7.24. The van der Waals surface area contributed by atoms with E-state index in [2.05, 4.69) is 34.0 Å². The number of carbonyl (C=O) groups excluding carboxylic acids is 3.